The van der Waals surface area contributed by atoms with Crippen LogP contribution in [-0.2, 0) is 11.3 Å². The lowest BCUT2D eigenvalue weighted by Crippen LogP contribution is -2.35. The summed E-state index contributed by atoms with van der Waals surface area (Å²) in [6, 6.07) is 16.3. The molecule has 170 valence electrons. The van der Waals surface area contributed by atoms with Crippen LogP contribution in [0.25, 0.3) is 11.0 Å². The summed E-state index contributed by atoms with van der Waals surface area (Å²) in [7, 11) is 0. The molecule has 1 heterocycles. The molecule has 3 aromatic rings. The number of amides is 1. The minimum absolute atomic E-state index is 0.111. The van der Waals surface area contributed by atoms with Crippen LogP contribution in [0.5, 0.6) is 5.75 Å². The maximum absolute atomic E-state index is 12.8. The summed E-state index contributed by atoms with van der Waals surface area (Å²) in [6.07, 6.45) is 7.55. The standard InChI is InChI=1S/C27H35N3O2/c1-20-11-10-14-23(19-20)32-18-9-8-17-30-25-16-7-6-15-24(25)29-26(30)21(2)28-27(31)22-12-4-3-5-13-22/h6-7,10-11,14-16,19,21-22H,3-5,8-9,12-13,17-18H2,1-2H3,(H,28,31). The summed E-state index contributed by atoms with van der Waals surface area (Å²) in [4.78, 5) is 17.7. The van der Waals surface area contributed by atoms with Crippen molar-refractivity contribution in [2.45, 2.75) is 71.4 Å². The highest BCUT2D eigenvalue weighted by molar-refractivity contribution is 5.80. The molecule has 32 heavy (non-hydrogen) atoms. The molecule has 4 rings (SSSR count). The van der Waals surface area contributed by atoms with Gasteiger partial charge in [0.2, 0.25) is 5.91 Å². The molecule has 1 fully saturated rings. The monoisotopic (exact) mass is 433 g/mol. The average Bonchev–Trinajstić information content (AvgIpc) is 3.18. The Morgan fingerprint density at radius 2 is 1.94 bits per heavy atom. The van der Waals surface area contributed by atoms with Crippen molar-refractivity contribution in [2.24, 2.45) is 5.92 Å². The Labute approximate surface area is 191 Å². The molecule has 0 spiro atoms. The number of hydrogen-bond acceptors (Lipinski definition) is 3. The normalized spacial score (nSPS) is 15.6. The number of unbranched alkanes of at least 4 members (excludes halogenated alkanes) is 1. The zero-order valence-corrected chi connectivity index (χ0v) is 19.3. The predicted octanol–water partition coefficient (Wildman–Crippen LogP) is 5.96. The minimum atomic E-state index is -0.111. The molecule has 0 aliphatic heterocycles. The van der Waals surface area contributed by atoms with E-state index in [-0.39, 0.29) is 17.9 Å². The van der Waals surface area contributed by atoms with Crippen LogP contribution in [-0.4, -0.2) is 22.1 Å². The second-order valence-corrected chi connectivity index (χ2v) is 9.05. The molecule has 1 N–H and O–H groups in total. The van der Waals surface area contributed by atoms with E-state index in [4.69, 9.17) is 9.72 Å². The van der Waals surface area contributed by atoms with Crippen molar-refractivity contribution in [2.75, 3.05) is 6.61 Å². The summed E-state index contributed by atoms with van der Waals surface area (Å²) >= 11 is 0. The zero-order valence-electron chi connectivity index (χ0n) is 19.3. The number of hydrogen-bond donors (Lipinski definition) is 1. The van der Waals surface area contributed by atoms with E-state index >= 15 is 0 Å². The highest BCUT2D eigenvalue weighted by Gasteiger charge is 2.24. The molecular formula is C27H35N3O2. The van der Waals surface area contributed by atoms with Crippen molar-refractivity contribution < 1.29 is 9.53 Å². The molecule has 0 saturated heterocycles. The van der Waals surface area contributed by atoms with Crippen molar-refractivity contribution in [3.63, 3.8) is 0 Å². The Morgan fingerprint density at radius 1 is 1.12 bits per heavy atom. The van der Waals surface area contributed by atoms with E-state index < -0.39 is 0 Å². The molecule has 5 nitrogen and oxygen atoms in total. The SMILES string of the molecule is Cc1cccc(OCCCCn2c(C(C)NC(=O)C3CCCCC3)nc3ccccc32)c1. The molecule has 1 atom stereocenters. The molecule has 0 radical (unpaired) electrons. The van der Waals surface area contributed by atoms with Gasteiger partial charge in [0.05, 0.1) is 23.7 Å². The Hall–Kier alpha value is -2.82. The Morgan fingerprint density at radius 3 is 2.75 bits per heavy atom. The van der Waals surface area contributed by atoms with Crippen LogP contribution in [0.4, 0.5) is 0 Å². The summed E-state index contributed by atoms with van der Waals surface area (Å²) < 4.78 is 8.18. The maximum atomic E-state index is 12.8. The van der Waals surface area contributed by atoms with E-state index in [1.165, 1.54) is 12.0 Å². The third kappa shape index (κ3) is 5.50. The van der Waals surface area contributed by atoms with Crippen LogP contribution in [0, 0.1) is 12.8 Å². The van der Waals surface area contributed by atoms with Gasteiger partial charge < -0.3 is 14.6 Å². The number of carbonyl (C=O) groups excluding carboxylic acids is 1. The molecule has 1 aliphatic carbocycles. The number of imidazole rings is 1. The number of aryl methyl sites for hydroxylation is 2. The molecule has 1 aliphatic rings. The number of carbonyl (C=O) groups is 1. The molecule has 0 bridgehead atoms. The number of ether oxygens (including phenoxy) is 1. The van der Waals surface area contributed by atoms with Gasteiger partial charge in [-0.15, -0.1) is 0 Å². The summed E-state index contributed by atoms with van der Waals surface area (Å²) in [5, 5.41) is 3.25. The van der Waals surface area contributed by atoms with E-state index in [1.807, 2.05) is 24.3 Å². The Kier molecular flexibility index (Phi) is 7.46. The summed E-state index contributed by atoms with van der Waals surface area (Å²) in [6.45, 7) is 5.68. The molecule has 1 unspecified atom stereocenters. The van der Waals surface area contributed by atoms with Crippen LogP contribution in [0.15, 0.2) is 48.5 Å². The van der Waals surface area contributed by atoms with Gasteiger partial charge in [0.15, 0.2) is 0 Å². The fourth-order valence-electron chi connectivity index (χ4n) is 4.69. The van der Waals surface area contributed by atoms with Gasteiger partial charge in [0.1, 0.15) is 11.6 Å². The van der Waals surface area contributed by atoms with E-state index in [2.05, 4.69) is 48.0 Å². The maximum Gasteiger partial charge on any atom is 0.223 e. The number of para-hydroxylation sites is 2. The number of nitrogens with one attached hydrogen (secondary N) is 1. The number of fused-ring (bicyclic) bond motifs is 1. The number of aromatic nitrogens is 2. The number of benzene rings is 2. The smallest absolute Gasteiger partial charge is 0.223 e. The van der Waals surface area contributed by atoms with Gasteiger partial charge in [-0.3, -0.25) is 4.79 Å². The van der Waals surface area contributed by atoms with Gasteiger partial charge in [-0.05, 0) is 69.4 Å². The highest BCUT2D eigenvalue weighted by Crippen LogP contribution is 2.26. The second-order valence-electron chi connectivity index (χ2n) is 9.05. The first-order chi connectivity index (χ1) is 15.6. The van der Waals surface area contributed by atoms with Crippen molar-refractivity contribution in [3.05, 3.63) is 59.9 Å². The average molecular weight is 434 g/mol. The van der Waals surface area contributed by atoms with E-state index in [0.29, 0.717) is 6.61 Å². The minimum Gasteiger partial charge on any atom is -0.494 e. The predicted molar refractivity (Wildman–Crippen MR) is 129 cm³/mol. The lowest BCUT2D eigenvalue weighted by molar-refractivity contribution is -0.126. The van der Waals surface area contributed by atoms with Crippen molar-refractivity contribution in [1.29, 1.82) is 0 Å². The first-order valence-corrected chi connectivity index (χ1v) is 12.1. The fraction of sp³-hybridized carbons (Fsp3) is 0.481. The summed E-state index contributed by atoms with van der Waals surface area (Å²) in [5.74, 6) is 2.21. The highest BCUT2D eigenvalue weighted by atomic mass is 16.5. The van der Waals surface area contributed by atoms with Gasteiger partial charge in [-0.25, -0.2) is 4.98 Å². The summed E-state index contributed by atoms with van der Waals surface area (Å²) in [5.41, 5.74) is 3.32. The molecular weight excluding hydrogens is 398 g/mol. The lowest BCUT2D eigenvalue weighted by Gasteiger charge is -2.23. The van der Waals surface area contributed by atoms with Crippen LogP contribution in [0.3, 0.4) is 0 Å². The Balaban J connectivity index is 1.39. The van der Waals surface area contributed by atoms with Gasteiger partial charge in [0, 0.05) is 12.5 Å². The number of nitrogens with zero attached hydrogens (tertiary/aromatic N) is 2. The molecule has 1 saturated carbocycles. The van der Waals surface area contributed by atoms with Gasteiger partial charge in [-0.2, -0.15) is 0 Å². The molecule has 1 amide bonds. The number of rotatable bonds is 9. The second kappa shape index (κ2) is 10.7. The van der Waals surface area contributed by atoms with Gasteiger partial charge >= 0.3 is 0 Å². The van der Waals surface area contributed by atoms with E-state index in [9.17, 15) is 4.79 Å². The van der Waals surface area contributed by atoms with Crippen molar-refractivity contribution in [1.82, 2.24) is 14.9 Å². The van der Waals surface area contributed by atoms with Crippen molar-refractivity contribution in [3.8, 4) is 5.75 Å². The Bertz CT molecular complexity index is 1040. The van der Waals surface area contributed by atoms with E-state index in [0.717, 1.165) is 67.7 Å². The van der Waals surface area contributed by atoms with Crippen LogP contribution in [0.2, 0.25) is 0 Å². The first kappa shape index (κ1) is 22.4. The molecule has 2 aromatic carbocycles. The van der Waals surface area contributed by atoms with Crippen LogP contribution in [0.1, 0.15) is 69.3 Å². The lowest BCUT2D eigenvalue weighted by atomic mass is 9.88. The molecule has 5 heteroatoms. The zero-order chi connectivity index (χ0) is 22.3. The third-order valence-electron chi connectivity index (χ3n) is 6.44. The largest absolute Gasteiger partial charge is 0.494 e. The fourth-order valence-corrected chi connectivity index (χ4v) is 4.69. The van der Waals surface area contributed by atoms with Gasteiger partial charge in [-0.1, -0.05) is 43.5 Å². The van der Waals surface area contributed by atoms with Crippen molar-refractivity contribution >= 4 is 16.9 Å². The third-order valence-corrected chi connectivity index (χ3v) is 6.44. The van der Waals surface area contributed by atoms with Crippen LogP contribution < -0.4 is 10.1 Å². The quantitative estimate of drug-likeness (QED) is 0.424. The van der Waals surface area contributed by atoms with Crippen LogP contribution >= 0.6 is 0 Å². The van der Waals surface area contributed by atoms with E-state index in [1.54, 1.807) is 0 Å². The van der Waals surface area contributed by atoms with Gasteiger partial charge in [0.25, 0.3) is 0 Å². The first-order valence-electron chi connectivity index (χ1n) is 12.1. The topological polar surface area (TPSA) is 56.1 Å². The molecule has 1 aromatic heterocycles.